The van der Waals surface area contributed by atoms with Crippen molar-refractivity contribution in [3.63, 3.8) is 0 Å². The third-order valence-electron chi connectivity index (χ3n) is 2.53. The van der Waals surface area contributed by atoms with Crippen molar-refractivity contribution < 1.29 is 13.2 Å². The molecule has 94 valence electrons. The highest BCUT2D eigenvalue weighted by Crippen LogP contribution is 2.33. The van der Waals surface area contributed by atoms with Crippen LogP contribution < -0.4 is 5.73 Å². The molecule has 0 fully saturated rings. The van der Waals surface area contributed by atoms with E-state index in [9.17, 15) is 13.2 Å². The highest BCUT2D eigenvalue weighted by molar-refractivity contribution is 5.68. The Balaban J connectivity index is 2.52. The van der Waals surface area contributed by atoms with Crippen LogP contribution >= 0.6 is 0 Å². The van der Waals surface area contributed by atoms with Crippen molar-refractivity contribution in [2.75, 3.05) is 5.73 Å². The molecule has 0 radical (unpaired) electrons. The van der Waals surface area contributed by atoms with E-state index in [1.165, 1.54) is 12.3 Å². The molecule has 0 aliphatic carbocycles. The molecule has 0 saturated carbocycles. The van der Waals surface area contributed by atoms with Crippen LogP contribution in [-0.2, 0) is 6.18 Å². The van der Waals surface area contributed by atoms with Crippen molar-refractivity contribution in [3.05, 3.63) is 47.8 Å². The summed E-state index contributed by atoms with van der Waals surface area (Å²) in [6.07, 6.45) is -2.87. The Hall–Kier alpha value is -2.04. The molecule has 2 rings (SSSR count). The van der Waals surface area contributed by atoms with Crippen molar-refractivity contribution in [2.45, 2.75) is 13.1 Å². The van der Waals surface area contributed by atoms with E-state index >= 15 is 0 Å². The van der Waals surface area contributed by atoms with Crippen LogP contribution in [0.2, 0.25) is 0 Å². The first-order valence-corrected chi connectivity index (χ1v) is 5.27. The van der Waals surface area contributed by atoms with Crippen molar-refractivity contribution >= 4 is 5.69 Å². The van der Waals surface area contributed by atoms with Gasteiger partial charge in [0.05, 0.1) is 5.56 Å². The lowest BCUT2D eigenvalue weighted by Gasteiger charge is -2.10. The molecular weight excluding hydrogens is 241 g/mol. The number of halogens is 3. The Morgan fingerprint density at radius 3 is 2.33 bits per heavy atom. The average Bonchev–Trinajstić information content (AvgIpc) is 2.28. The van der Waals surface area contributed by atoms with Gasteiger partial charge in [-0.1, -0.05) is 6.07 Å². The van der Waals surface area contributed by atoms with Crippen molar-refractivity contribution in [1.82, 2.24) is 4.98 Å². The first-order valence-electron chi connectivity index (χ1n) is 5.27. The monoisotopic (exact) mass is 252 g/mol. The molecule has 0 bridgehead atoms. The topological polar surface area (TPSA) is 38.9 Å². The largest absolute Gasteiger partial charge is 0.416 e. The molecule has 1 aromatic heterocycles. The quantitative estimate of drug-likeness (QED) is 0.786. The van der Waals surface area contributed by atoms with Gasteiger partial charge in [-0.25, -0.2) is 0 Å². The fourth-order valence-electron chi connectivity index (χ4n) is 1.62. The molecule has 0 aliphatic rings. The van der Waals surface area contributed by atoms with E-state index < -0.39 is 11.7 Å². The molecule has 1 heterocycles. The number of nitrogens with zero attached hydrogens (tertiary/aromatic N) is 1. The van der Waals surface area contributed by atoms with Gasteiger partial charge >= 0.3 is 6.18 Å². The lowest BCUT2D eigenvalue weighted by atomic mass is 10.0. The molecular formula is C13H11F3N2. The second-order valence-electron chi connectivity index (χ2n) is 4.03. The first kappa shape index (κ1) is 12.4. The highest BCUT2D eigenvalue weighted by Gasteiger charge is 2.31. The Labute approximate surface area is 102 Å². The second kappa shape index (κ2) is 4.33. The molecule has 1 aromatic carbocycles. The maximum atomic E-state index is 12.7. The number of anilines is 1. The summed E-state index contributed by atoms with van der Waals surface area (Å²) in [5.41, 5.74) is 6.66. The third-order valence-corrected chi connectivity index (χ3v) is 2.53. The van der Waals surface area contributed by atoms with Crippen molar-refractivity contribution in [2.24, 2.45) is 0 Å². The molecule has 18 heavy (non-hydrogen) atoms. The van der Waals surface area contributed by atoms with Crippen LogP contribution in [0.5, 0.6) is 0 Å². The molecule has 5 heteroatoms. The van der Waals surface area contributed by atoms with Gasteiger partial charge in [-0.2, -0.15) is 13.2 Å². The minimum Gasteiger partial charge on any atom is -0.399 e. The minimum atomic E-state index is -4.40. The van der Waals surface area contributed by atoms with E-state index in [0.29, 0.717) is 11.1 Å². The first-order chi connectivity index (χ1) is 8.36. The Kier molecular flexibility index (Phi) is 2.98. The van der Waals surface area contributed by atoms with E-state index in [1.54, 1.807) is 12.1 Å². The van der Waals surface area contributed by atoms with Crippen LogP contribution in [0.4, 0.5) is 18.9 Å². The summed E-state index contributed by atoms with van der Waals surface area (Å²) in [6, 6.07) is 6.96. The minimum absolute atomic E-state index is 0.0837. The zero-order chi connectivity index (χ0) is 13.3. The molecule has 2 nitrogen and oxygen atoms in total. The van der Waals surface area contributed by atoms with Gasteiger partial charge < -0.3 is 5.73 Å². The number of nitrogen functional groups attached to an aromatic ring is 1. The van der Waals surface area contributed by atoms with Crippen LogP contribution in [0, 0.1) is 6.92 Å². The fraction of sp³-hybridized carbons (Fsp3) is 0.154. The van der Waals surface area contributed by atoms with E-state index in [2.05, 4.69) is 4.98 Å². The number of pyridine rings is 1. The Morgan fingerprint density at radius 1 is 1.06 bits per heavy atom. The molecule has 0 amide bonds. The lowest BCUT2D eigenvalue weighted by molar-refractivity contribution is -0.137. The molecule has 0 aliphatic heterocycles. The maximum Gasteiger partial charge on any atom is 0.416 e. The SMILES string of the molecule is Cc1ccc(-c2cc(N)cc(C(F)(F)F)c2)cn1. The van der Waals surface area contributed by atoms with E-state index in [1.807, 2.05) is 6.92 Å². The van der Waals surface area contributed by atoms with Crippen LogP contribution in [0.3, 0.4) is 0 Å². The van der Waals surface area contributed by atoms with Gasteiger partial charge in [-0.05, 0) is 36.8 Å². The zero-order valence-electron chi connectivity index (χ0n) is 9.62. The number of hydrogen-bond donors (Lipinski definition) is 1. The predicted molar refractivity (Wildman–Crippen MR) is 63.8 cm³/mol. The number of benzene rings is 1. The van der Waals surface area contributed by atoms with Crippen LogP contribution in [0.25, 0.3) is 11.1 Å². The van der Waals surface area contributed by atoms with E-state index in [0.717, 1.165) is 17.8 Å². The molecule has 0 saturated heterocycles. The second-order valence-corrected chi connectivity index (χ2v) is 4.03. The fourth-order valence-corrected chi connectivity index (χ4v) is 1.62. The van der Waals surface area contributed by atoms with Crippen LogP contribution in [0.15, 0.2) is 36.5 Å². The van der Waals surface area contributed by atoms with Gasteiger partial charge in [0.25, 0.3) is 0 Å². The van der Waals surface area contributed by atoms with E-state index in [4.69, 9.17) is 5.73 Å². The summed E-state index contributed by atoms with van der Waals surface area (Å²) in [4.78, 5) is 4.05. The Bertz CT molecular complexity index is 559. The molecule has 2 N–H and O–H groups in total. The maximum absolute atomic E-state index is 12.7. The summed E-state index contributed by atoms with van der Waals surface area (Å²) < 4.78 is 38.0. The van der Waals surface area contributed by atoms with Gasteiger partial charge in [0.2, 0.25) is 0 Å². The average molecular weight is 252 g/mol. The van der Waals surface area contributed by atoms with Crippen LogP contribution in [0.1, 0.15) is 11.3 Å². The van der Waals surface area contributed by atoms with Gasteiger partial charge in [0.15, 0.2) is 0 Å². The predicted octanol–water partition coefficient (Wildman–Crippen LogP) is 3.66. The summed E-state index contributed by atoms with van der Waals surface area (Å²) in [5.74, 6) is 0. The van der Waals surface area contributed by atoms with E-state index in [-0.39, 0.29) is 5.69 Å². The Morgan fingerprint density at radius 2 is 1.78 bits per heavy atom. The summed E-state index contributed by atoms with van der Waals surface area (Å²) in [7, 11) is 0. The van der Waals surface area contributed by atoms with Crippen LogP contribution in [-0.4, -0.2) is 4.98 Å². The smallest absolute Gasteiger partial charge is 0.399 e. The van der Waals surface area contributed by atoms with Gasteiger partial charge in [-0.3, -0.25) is 4.98 Å². The summed E-state index contributed by atoms with van der Waals surface area (Å²) >= 11 is 0. The zero-order valence-corrected chi connectivity index (χ0v) is 9.62. The number of rotatable bonds is 1. The molecule has 2 aromatic rings. The number of aromatic nitrogens is 1. The number of aryl methyl sites for hydroxylation is 1. The lowest BCUT2D eigenvalue weighted by Crippen LogP contribution is -2.06. The van der Waals surface area contributed by atoms with Crippen molar-refractivity contribution in [1.29, 1.82) is 0 Å². The van der Waals surface area contributed by atoms with Crippen molar-refractivity contribution in [3.8, 4) is 11.1 Å². The number of nitrogens with two attached hydrogens (primary N) is 1. The molecule has 0 atom stereocenters. The standard InChI is InChI=1S/C13H11F3N2/c1-8-2-3-9(7-18-8)10-4-11(13(14,15)16)6-12(17)5-10/h2-7H,17H2,1H3. The normalized spacial score (nSPS) is 11.6. The number of hydrogen-bond acceptors (Lipinski definition) is 2. The molecule has 0 spiro atoms. The van der Waals surface area contributed by atoms with Gasteiger partial charge in [0, 0.05) is 23.1 Å². The highest BCUT2D eigenvalue weighted by atomic mass is 19.4. The van der Waals surface area contributed by atoms with Gasteiger partial charge in [0.1, 0.15) is 0 Å². The third kappa shape index (κ3) is 2.61. The summed E-state index contributed by atoms with van der Waals surface area (Å²) in [6.45, 7) is 1.81. The van der Waals surface area contributed by atoms with Gasteiger partial charge in [-0.15, -0.1) is 0 Å². The number of alkyl halides is 3. The molecule has 0 unspecified atom stereocenters. The summed E-state index contributed by atoms with van der Waals surface area (Å²) in [5, 5.41) is 0.